The Hall–Kier alpha value is -2.28. The summed E-state index contributed by atoms with van der Waals surface area (Å²) in [6.07, 6.45) is 2.18. The number of methoxy groups -OCH3 is 1. The van der Waals surface area contributed by atoms with Gasteiger partial charge >= 0.3 is 8.25 Å². The van der Waals surface area contributed by atoms with Crippen LogP contribution in [0.2, 0.25) is 0 Å². The molecule has 0 radical (unpaired) electrons. The van der Waals surface area contributed by atoms with Gasteiger partial charge in [-0.05, 0) is 38.0 Å². The SMILES string of the molecule is CCC(C)(C)Oc1cc(Oc2cc(CO[P+](=O)O)cc(OC)c2)ncn1. The van der Waals surface area contributed by atoms with E-state index in [0.717, 1.165) is 6.42 Å². The molecule has 0 amide bonds. The lowest BCUT2D eigenvalue weighted by atomic mass is 10.1. The Morgan fingerprint density at radius 2 is 1.81 bits per heavy atom. The fourth-order valence-electron chi connectivity index (χ4n) is 1.93. The Morgan fingerprint density at radius 1 is 1.12 bits per heavy atom. The standard InChI is InChI=1S/C17H21N2O6P/c1-5-17(2,3)25-16-9-15(18-11-19-16)24-14-7-12(10-23-26(20)21)6-13(8-14)22-4/h6-9,11H,5,10H2,1-4H3/p+1. The van der Waals surface area contributed by atoms with E-state index in [1.54, 1.807) is 24.3 Å². The highest BCUT2D eigenvalue weighted by Gasteiger charge is 2.18. The second-order valence-corrected chi connectivity index (χ2v) is 6.77. The predicted molar refractivity (Wildman–Crippen MR) is 94.7 cm³/mol. The zero-order valence-corrected chi connectivity index (χ0v) is 16.0. The van der Waals surface area contributed by atoms with Crippen LogP contribution < -0.4 is 14.2 Å². The lowest BCUT2D eigenvalue weighted by molar-refractivity contribution is 0.0984. The molecule has 0 aliphatic carbocycles. The molecule has 140 valence electrons. The van der Waals surface area contributed by atoms with E-state index in [1.165, 1.54) is 13.4 Å². The Bertz CT molecular complexity index is 769. The van der Waals surface area contributed by atoms with Crippen LogP contribution in [-0.2, 0) is 15.7 Å². The van der Waals surface area contributed by atoms with Crippen molar-refractivity contribution in [2.45, 2.75) is 39.4 Å². The lowest BCUT2D eigenvalue weighted by Gasteiger charge is -2.23. The monoisotopic (exact) mass is 381 g/mol. The maximum atomic E-state index is 10.7. The van der Waals surface area contributed by atoms with Crippen molar-refractivity contribution in [3.63, 3.8) is 0 Å². The van der Waals surface area contributed by atoms with Crippen LogP contribution in [0.4, 0.5) is 0 Å². The average Bonchev–Trinajstić information content (AvgIpc) is 2.59. The van der Waals surface area contributed by atoms with E-state index in [9.17, 15) is 4.57 Å². The van der Waals surface area contributed by atoms with Crippen molar-refractivity contribution >= 4 is 8.25 Å². The average molecular weight is 381 g/mol. The van der Waals surface area contributed by atoms with E-state index in [-0.39, 0.29) is 12.2 Å². The number of hydrogen-bond acceptors (Lipinski definition) is 7. The van der Waals surface area contributed by atoms with Gasteiger partial charge in [-0.1, -0.05) is 6.92 Å². The van der Waals surface area contributed by atoms with Crippen LogP contribution in [0.15, 0.2) is 30.6 Å². The molecule has 1 N–H and O–H groups in total. The number of benzene rings is 1. The number of aromatic nitrogens is 2. The van der Waals surface area contributed by atoms with Gasteiger partial charge in [0.05, 0.1) is 13.2 Å². The summed E-state index contributed by atoms with van der Waals surface area (Å²) in [7, 11) is -1.17. The van der Waals surface area contributed by atoms with Crippen LogP contribution in [0, 0.1) is 0 Å². The molecule has 1 unspecified atom stereocenters. The molecule has 0 saturated carbocycles. The third-order valence-electron chi connectivity index (χ3n) is 3.59. The molecule has 0 aliphatic heterocycles. The Morgan fingerprint density at radius 3 is 2.46 bits per heavy atom. The van der Waals surface area contributed by atoms with Crippen molar-refractivity contribution < 1.29 is 28.2 Å². The third-order valence-corrected chi connectivity index (χ3v) is 3.94. The predicted octanol–water partition coefficient (Wildman–Crippen LogP) is 4.01. The normalized spacial score (nSPS) is 11.8. The molecule has 0 saturated heterocycles. The van der Waals surface area contributed by atoms with Gasteiger partial charge in [-0.3, -0.25) is 0 Å². The topological polar surface area (TPSA) is 100 Å². The molecule has 2 aromatic rings. The van der Waals surface area contributed by atoms with Crippen LogP contribution in [0.1, 0.15) is 32.8 Å². The summed E-state index contributed by atoms with van der Waals surface area (Å²) in [5.41, 5.74) is 0.266. The minimum atomic E-state index is -2.68. The first-order valence-electron chi connectivity index (χ1n) is 7.97. The highest BCUT2D eigenvalue weighted by Crippen LogP contribution is 2.30. The van der Waals surface area contributed by atoms with E-state index < -0.39 is 8.25 Å². The molecule has 9 heteroatoms. The van der Waals surface area contributed by atoms with E-state index in [1.807, 2.05) is 20.8 Å². The smallest absolute Gasteiger partial charge is 0.497 e. The summed E-state index contributed by atoms with van der Waals surface area (Å²) in [6, 6.07) is 6.61. The molecule has 8 nitrogen and oxygen atoms in total. The summed E-state index contributed by atoms with van der Waals surface area (Å²) in [4.78, 5) is 17.0. The minimum absolute atomic E-state index is 0.0535. The molecule has 1 heterocycles. The number of rotatable bonds is 9. The zero-order valence-electron chi connectivity index (χ0n) is 15.1. The quantitative estimate of drug-likeness (QED) is 0.650. The molecular weight excluding hydrogens is 359 g/mol. The largest absolute Gasteiger partial charge is 0.695 e. The molecule has 0 fully saturated rings. The Balaban J connectivity index is 2.19. The first-order chi connectivity index (χ1) is 12.3. The molecule has 0 aliphatic rings. The first-order valence-corrected chi connectivity index (χ1v) is 9.10. The van der Waals surface area contributed by atoms with Gasteiger partial charge in [0.2, 0.25) is 11.8 Å². The van der Waals surface area contributed by atoms with Gasteiger partial charge in [-0.25, -0.2) is 9.97 Å². The summed E-state index contributed by atoms with van der Waals surface area (Å²) < 4.78 is 32.2. The van der Waals surface area contributed by atoms with Crippen molar-refractivity contribution in [2.75, 3.05) is 7.11 Å². The van der Waals surface area contributed by atoms with Crippen molar-refractivity contribution in [1.82, 2.24) is 9.97 Å². The van der Waals surface area contributed by atoms with Crippen molar-refractivity contribution in [3.05, 3.63) is 36.2 Å². The first kappa shape index (κ1) is 20.0. The van der Waals surface area contributed by atoms with Crippen molar-refractivity contribution in [1.29, 1.82) is 0 Å². The molecule has 26 heavy (non-hydrogen) atoms. The van der Waals surface area contributed by atoms with Gasteiger partial charge in [-0.2, -0.15) is 0 Å². The molecule has 1 aromatic heterocycles. The molecule has 0 bridgehead atoms. The number of hydrogen-bond donors (Lipinski definition) is 1. The van der Waals surface area contributed by atoms with Gasteiger partial charge in [0.1, 0.15) is 30.0 Å². The van der Waals surface area contributed by atoms with E-state index in [2.05, 4.69) is 9.97 Å². The van der Waals surface area contributed by atoms with Crippen LogP contribution >= 0.6 is 8.25 Å². The van der Waals surface area contributed by atoms with Crippen molar-refractivity contribution in [2.24, 2.45) is 0 Å². The molecule has 1 atom stereocenters. The molecule has 0 spiro atoms. The molecular formula is C17H22N2O6P+. The maximum absolute atomic E-state index is 10.7. The summed E-state index contributed by atoms with van der Waals surface area (Å²) in [5, 5.41) is 0. The fraction of sp³-hybridized carbons (Fsp3) is 0.412. The lowest BCUT2D eigenvalue weighted by Crippen LogP contribution is -2.27. The fourth-order valence-corrected chi connectivity index (χ4v) is 2.19. The van der Waals surface area contributed by atoms with Crippen LogP contribution in [-0.4, -0.2) is 27.6 Å². The second-order valence-electron chi connectivity index (χ2n) is 6.04. The summed E-state index contributed by atoms with van der Waals surface area (Å²) in [5.74, 6) is 1.67. The highest BCUT2D eigenvalue weighted by molar-refractivity contribution is 7.32. The van der Waals surface area contributed by atoms with Gasteiger partial charge in [0.25, 0.3) is 0 Å². The maximum Gasteiger partial charge on any atom is 0.695 e. The van der Waals surface area contributed by atoms with Gasteiger partial charge < -0.3 is 14.2 Å². The van der Waals surface area contributed by atoms with Gasteiger partial charge in [-0.15, -0.1) is 9.42 Å². The zero-order chi connectivity index (χ0) is 19.2. The summed E-state index contributed by atoms with van der Waals surface area (Å²) in [6.45, 7) is 5.91. The van der Waals surface area contributed by atoms with E-state index in [0.29, 0.717) is 28.8 Å². The third kappa shape index (κ3) is 6.22. The number of nitrogens with zero attached hydrogens (tertiary/aromatic N) is 2. The minimum Gasteiger partial charge on any atom is -0.497 e. The second kappa shape index (κ2) is 8.89. The molecule has 1 aromatic carbocycles. The van der Waals surface area contributed by atoms with E-state index in [4.69, 9.17) is 23.6 Å². The highest BCUT2D eigenvalue weighted by atomic mass is 31.1. The number of ether oxygens (including phenoxy) is 3. The van der Waals surface area contributed by atoms with Crippen LogP contribution in [0.25, 0.3) is 0 Å². The van der Waals surface area contributed by atoms with Crippen LogP contribution in [0.5, 0.6) is 23.3 Å². The van der Waals surface area contributed by atoms with Gasteiger partial charge in [0, 0.05) is 10.6 Å². The Labute approximate surface area is 153 Å². The van der Waals surface area contributed by atoms with Gasteiger partial charge in [0.15, 0.2) is 0 Å². The molecule has 2 rings (SSSR count). The Kier molecular flexibility index (Phi) is 6.85. The summed E-state index contributed by atoms with van der Waals surface area (Å²) >= 11 is 0. The van der Waals surface area contributed by atoms with E-state index >= 15 is 0 Å². The van der Waals surface area contributed by atoms with Crippen LogP contribution in [0.3, 0.4) is 0 Å². The van der Waals surface area contributed by atoms with Crippen molar-refractivity contribution in [3.8, 4) is 23.3 Å².